The van der Waals surface area contributed by atoms with Gasteiger partial charge in [-0.05, 0) is 26.7 Å². The molecular weight excluding hydrogens is 131 g/mol. The summed E-state index contributed by atoms with van der Waals surface area (Å²) in [5.41, 5.74) is 0. The summed E-state index contributed by atoms with van der Waals surface area (Å²) in [6.07, 6.45) is 4.76. The summed E-state index contributed by atoms with van der Waals surface area (Å²) in [5.74, 6) is 1.41. The number of rotatable bonds is 2. The Hall–Kier alpha value is -0.970. The first-order valence-electron chi connectivity index (χ1n) is 3.07. The molecule has 0 aliphatic carbocycles. The summed E-state index contributed by atoms with van der Waals surface area (Å²) >= 11 is 0. The lowest BCUT2D eigenvalue weighted by molar-refractivity contribution is 0.142. The van der Waals surface area contributed by atoms with E-state index in [2.05, 4.69) is 0 Å². The Labute approximate surface area is 60.9 Å². The Bertz CT molecular complexity index is 174. The average molecular weight is 142 g/mol. The fourth-order valence-corrected chi connectivity index (χ4v) is 0.507. The number of terminal acetylenes is 1. The highest BCUT2D eigenvalue weighted by Crippen LogP contribution is 2.07. The molecule has 56 valence electrons. The van der Waals surface area contributed by atoms with E-state index in [0.717, 1.165) is 0 Å². The van der Waals surface area contributed by atoms with Crippen LogP contribution in [0.2, 0.25) is 0 Å². The molecule has 0 aromatic rings. The maximum absolute atomic E-state index is 12.4. The van der Waals surface area contributed by atoms with Gasteiger partial charge in [0.1, 0.15) is 5.76 Å². The first kappa shape index (κ1) is 9.03. The third-order valence-corrected chi connectivity index (χ3v) is 0.848. The van der Waals surface area contributed by atoms with Crippen LogP contribution in [0.3, 0.4) is 0 Å². The van der Waals surface area contributed by atoms with E-state index in [0.29, 0.717) is 0 Å². The summed E-state index contributed by atoms with van der Waals surface area (Å²) in [6.45, 7) is 5.13. The molecule has 0 aliphatic heterocycles. The molecule has 0 aromatic carbocycles. The van der Waals surface area contributed by atoms with Gasteiger partial charge in [-0.3, -0.25) is 0 Å². The lowest BCUT2D eigenvalue weighted by Crippen LogP contribution is -2.00. The van der Waals surface area contributed by atoms with Crippen LogP contribution in [0.25, 0.3) is 0 Å². The molecule has 0 N–H and O–H groups in total. The zero-order valence-electron chi connectivity index (χ0n) is 6.44. The molecule has 0 heterocycles. The summed E-state index contributed by atoms with van der Waals surface area (Å²) in [7, 11) is 0. The van der Waals surface area contributed by atoms with Crippen molar-refractivity contribution in [1.82, 2.24) is 0 Å². The van der Waals surface area contributed by atoms with E-state index in [9.17, 15) is 4.39 Å². The highest BCUT2D eigenvalue weighted by Gasteiger charge is 2.00. The van der Waals surface area contributed by atoms with Crippen LogP contribution in [-0.2, 0) is 4.74 Å². The van der Waals surface area contributed by atoms with Crippen molar-refractivity contribution in [2.75, 3.05) is 0 Å². The van der Waals surface area contributed by atoms with E-state index in [1.807, 2.05) is 19.8 Å². The van der Waals surface area contributed by atoms with Crippen LogP contribution in [0, 0.1) is 12.3 Å². The molecule has 10 heavy (non-hydrogen) atoms. The molecule has 0 spiro atoms. The van der Waals surface area contributed by atoms with Gasteiger partial charge in [-0.15, -0.1) is 6.42 Å². The monoisotopic (exact) mass is 142 g/mol. The second-order valence-electron chi connectivity index (χ2n) is 2.18. The average Bonchev–Trinajstić information content (AvgIpc) is 1.85. The number of halogens is 1. The topological polar surface area (TPSA) is 9.23 Å². The lowest BCUT2D eigenvalue weighted by atomic mass is 10.4. The largest absolute Gasteiger partial charge is 0.492 e. The first-order chi connectivity index (χ1) is 4.57. The molecule has 0 aliphatic rings. The third-order valence-electron chi connectivity index (χ3n) is 0.848. The van der Waals surface area contributed by atoms with Gasteiger partial charge in [-0.1, -0.05) is 0 Å². The Balaban J connectivity index is 4.09. The van der Waals surface area contributed by atoms with Crippen LogP contribution >= 0.6 is 0 Å². The maximum Gasteiger partial charge on any atom is 0.210 e. The minimum Gasteiger partial charge on any atom is -0.492 e. The second kappa shape index (κ2) is 3.94. The van der Waals surface area contributed by atoms with Gasteiger partial charge in [0, 0.05) is 0 Å². The van der Waals surface area contributed by atoms with Gasteiger partial charge in [0.25, 0.3) is 0 Å². The van der Waals surface area contributed by atoms with Gasteiger partial charge in [0.2, 0.25) is 5.83 Å². The van der Waals surface area contributed by atoms with Gasteiger partial charge in [0.05, 0.1) is 6.10 Å². The van der Waals surface area contributed by atoms with Gasteiger partial charge < -0.3 is 4.74 Å². The number of allylic oxidation sites excluding steroid dienone is 2. The quantitative estimate of drug-likeness (QED) is 0.424. The molecule has 0 fully saturated rings. The molecular formula is C8H11FO. The fraction of sp³-hybridized carbons (Fsp3) is 0.500. The second-order valence-corrected chi connectivity index (χ2v) is 2.18. The van der Waals surface area contributed by atoms with Crippen molar-refractivity contribution in [3.8, 4) is 12.3 Å². The Kier molecular flexibility index (Phi) is 3.56. The van der Waals surface area contributed by atoms with Crippen molar-refractivity contribution < 1.29 is 9.13 Å². The van der Waals surface area contributed by atoms with Gasteiger partial charge in [0.15, 0.2) is 0 Å². The lowest BCUT2D eigenvalue weighted by Gasteiger charge is -2.08. The summed E-state index contributed by atoms with van der Waals surface area (Å²) in [4.78, 5) is 0. The number of hydrogen-bond donors (Lipinski definition) is 0. The minimum absolute atomic E-state index is 0.0286. The van der Waals surface area contributed by atoms with Crippen molar-refractivity contribution in [1.29, 1.82) is 0 Å². The number of ether oxygens (including phenoxy) is 1. The molecule has 0 bridgehead atoms. The minimum atomic E-state index is -0.631. The molecule has 0 aromatic heterocycles. The van der Waals surface area contributed by atoms with Crippen LogP contribution in [0.5, 0.6) is 0 Å². The van der Waals surface area contributed by atoms with Gasteiger partial charge >= 0.3 is 0 Å². The highest BCUT2D eigenvalue weighted by atomic mass is 19.1. The Morgan fingerprint density at radius 2 is 2.10 bits per heavy atom. The molecule has 0 saturated carbocycles. The Morgan fingerprint density at radius 1 is 1.60 bits per heavy atom. The van der Waals surface area contributed by atoms with Crippen molar-refractivity contribution in [2.24, 2.45) is 0 Å². The summed E-state index contributed by atoms with van der Waals surface area (Å²) in [5, 5.41) is 0. The van der Waals surface area contributed by atoms with Crippen molar-refractivity contribution in [3.05, 3.63) is 11.6 Å². The van der Waals surface area contributed by atoms with Crippen LogP contribution in [0.1, 0.15) is 20.8 Å². The highest BCUT2D eigenvalue weighted by molar-refractivity contribution is 5.20. The van der Waals surface area contributed by atoms with E-state index in [1.165, 1.54) is 6.92 Å². The van der Waals surface area contributed by atoms with E-state index in [4.69, 9.17) is 11.2 Å². The molecule has 0 rings (SSSR count). The molecule has 0 unspecified atom stereocenters. The van der Waals surface area contributed by atoms with Crippen LogP contribution in [0.4, 0.5) is 4.39 Å². The third kappa shape index (κ3) is 3.13. The first-order valence-corrected chi connectivity index (χ1v) is 3.07. The molecule has 0 amide bonds. The number of hydrogen-bond acceptors (Lipinski definition) is 1. The summed E-state index contributed by atoms with van der Waals surface area (Å²) < 4.78 is 17.4. The van der Waals surface area contributed by atoms with Crippen LogP contribution in [-0.4, -0.2) is 6.10 Å². The smallest absolute Gasteiger partial charge is 0.210 e. The molecule has 0 atom stereocenters. The standard InChI is InChI=1S/C8H11FO/c1-5-8(9)7(4)10-6(2)3/h1,6H,2-4H3/b8-7-. The maximum atomic E-state index is 12.4. The van der Waals surface area contributed by atoms with Crippen LogP contribution in [0.15, 0.2) is 11.6 Å². The van der Waals surface area contributed by atoms with Crippen molar-refractivity contribution in [2.45, 2.75) is 26.9 Å². The predicted molar refractivity (Wildman–Crippen MR) is 38.9 cm³/mol. The van der Waals surface area contributed by atoms with E-state index >= 15 is 0 Å². The Morgan fingerprint density at radius 3 is 2.40 bits per heavy atom. The predicted octanol–water partition coefficient (Wildman–Crippen LogP) is 2.25. The normalized spacial score (nSPS) is 12.4. The zero-order valence-corrected chi connectivity index (χ0v) is 6.44. The molecule has 0 saturated heterocycles. The molecule has 0 radical (unpaired) electrons. The van der Waals surface area contributed by atoms with E-state index in [1.54, 1.807) is 0 Å². The summed E-state index contributed by atoms with van der Waals surface area (Å²) in [6, 6.07) is 0. The molecule has 1 nitrogen and oxygen atoms in total. The van der Waals surface area contributed by atoms with Crippen molar-refractivity contribution in [3.63, 3.8) is 0 Å². The fourth-order valence-electron chi connectivity index (χ4n) is 0.507. The van der Waals surface area contributed by atoms with Crippen LogP contribution < -0.4 is 0 Å². The van der Waals surface area contributed by atoms with Gasteiger partial charge in [-0.2, -0.15) is 4.39 Å². The zero-order chi connectivity index (χ0) is 8.15. The van der Waals surface area contributed by atoms with Gasteiger partial charge in [-0.25, -0.2) is 0 Å². The van der Waals surface area contributed by atoms with Crippen molar-refractivity contribution >= 4 is 0 Å². The van der Waals surface area contributed by atoms with E-state index in [-0.39, 0.29) is 11.9 Å². The molecule has 2 heteroatoms. The van der Waals surface area contributed by atoms with E-state index < -0.39 is 5.83 Å². The SMILES string of the molecule is C#C/C(F)=C(\C)OC(C)C.